The van der Waals surface area contributed by atoms with E-state index >= 15 is 0 Å². The molecular formula is C26H24N12. The molecule has 12 nitrogen and oxygen atoms in total. The van der Waals surface area contributed by atoms with E-state index in [1.165, 1.54) is 0 Å². The van der Waals surface area contributed by atoms with Crippen LogP contribution in [0.5, 0.6) is 0 Å². The van der Waals surface area contributed by atoms with E-state index in [9.17, 15) is 0 Å². The van der Waals surface area contributed by atoms with Crippen molar-refractivity contribution in [3.05, 3.63) is 73.3 Å². The Bertz CT molecular complexity index is 1460. The lowest BCUT2D eigenvalue weighted by Crippen LogP contribution is -2.05. The zero-order chi connectivity index (χ0) is 25.3. The molecule has 0 radical (unpaired) electrons. The zero-order valence-corrected chi connectivity index (χ0v) is 20.5. The van der Waals surface area contributed by atoms with Gasteiger partial charge in [0, 0.05) is 48.4 Å². The molecule has 0 aliphatic carbocycles. The molecule has 1 aliphatic heterocycles. The number of aromatic nitrogens is 12. The van der Waals surface area contributed by atoms with E-state index in [4.69, 9.17) is 0 Å². The second-order valence-corrected chi connectivity index (χ2v) is 9.34. The average Bonchev–Trinajstić information content (AvgIpc) is 3.76. The third kappa shape index (κ3) is 4.47. The SMILES string of the molecule is c1cc2cc(c1)-c1cn(nn1)CCCn1cc(nn1)-c1cccc(c1)-c1cn(nn1)CCCn1cc-2nn1. The highest BCUT2D eigenvalue weighted by molar-refractivity contribution is 5.69. The molecule has 1 aliphatic rings. The van der Waals surface area contributed by atoms with Gasteiger partial charge in [-0.15, -0.1) is 20.4 Å². The van der Waals surface area contributed by atoms with Crippen LogP contribution in [0.3, 0.4) is 0 Å². The molecule has 0 amide bonds. The second kappa shape index (κ2) is 9.47. The number of hydrogen-bond acceptors (Lipinski definition) is 8. The van der Waals surface area contributed by atoms with E-state index in [-0.39, 0.29) is 0 Å². The summed E-state index contributed by atoms with van der Waals surface area (Å²) >= 11 is 0. The van der Waals surface area contributed by atoms with Gasteiger partial charge in [0.2, 0.25) is 0 Å². The maximum absolute atomic E-state index is 4.39. The molecule has 0 saturated heterocycles. The van der Waals surface area contributed by atoms with E-state index in [1.807, 2.05) is 79.9 Å². The smallest absolute Gasteiger partial charge is 0.113 e. The molecule has 0 N–H and O–H groups in total. The van der Waals surface area contributed by atoms with Crippen molar-refractivity contribution in [2.45, 2.75) is 39.0 Å². The fourth-order valence-electron chi connectivity index (χ4n) is 4.62. The molecule has 38 heavy (non-hydrogen) atoms. The molecule has 7 rings (SSSR count). The van der Waals surface area contributed by atoms with Crippen molar-refractivity contribution < 1.29 is 0 Å². The molecule has 4 aromatic heterocycles. The largest absolute Gasteiger partial charge is 0.252 e. The topological polar surface area (TPSA) is 123 Å². The molecule has 2 aromatic carbocycles. The molecule has 5 heterocycles. The van der Waals surface area contributed by atoms with Crippen LogP contribution in [-0.4, -0.2) is 60.0 Å². The summed E-state index contributed by atoms with van der Waals surface area (Å²) in [5, 5.41) is 34.9. The first-order valence-corrected chi connectivity index (χ1v) is 12.6. The van der Waals surface area contributed by atoms with Crippen molar-refractivity contribution in [3.63, 3.8) is 0 Å². The Hall–Kier alpha value is -5.00. The monoisotopic (exact) mass is 504 g/mol. The van der Waals surface area contributed by atoms with Crippen LogP contribution in [-0.2, 0) is 26.2 Å². The fraction of sp³-hybridized carbons (Fsp3) is 0.231. The van der Waals surface area contributed by atoms with Crippen LogP contribution in [0.15, 0.2) is 73.3 Å². The Kier molecular flexibility index (Phi) is 5.53. The Morgan fingerprint density at radius 1 is 0.421 bits per heavy atom. The Balaban J connectivity index is 1.20. The summed E-state index contributed by atoms with van der Waals surface area (Å²) in [5.41, 5.74) is 7.25. The third-order valence-corrected chi connectivity index (χ3v) is 6.61. The van der Waals surface area contributed by atoms with Gasteiger partial charge in [-0.1, -0.05) is 57.3 Å². The van der Waals surface area contributed by atoms with Gasteiger partial charge in [-0.2, -0.15) is 0 Å². The van der Waals surface area contributed by atoms with Crippen molar-refractivity contribution >= 4 is 0 Å². The van der Waals surface area contributed by atoms with E-state index in [0.717, 1.165) is 84.1 Å². The average molecular weight is 505 g/mol. The highest BCUT2D eigenvalue weighted by Gasteiger charge is 2.11. The number of benzene rings is 2. The molecule has 188 valence electrons. The van der Waals surface area contributed by atoms with E-state index in [1.54, 1.807) is 0 Å². The summed E-state index contributed by atoms with van der Waals surface area (Å²) in [6.45, 7) is 2.89. The Morgan fingerprint density at radius 2 is 0.711 bits per heavy atom. The van der Waals surface area contributed by atoms with Crippen molar-refractivity contribution in [2.24, 2.45) is 0 Å². The molecular weight excluding hydrogens is 480 g/mol. The fourth-order valence-corrected chi connectivity index (χ4v) is 4.62. The summed E-state index contributed by atoms with van der Waals surface area (Å²) in [7, 11) is 0. The van der Waals surface area contributed by atoms with Gasteiger partial charge in [0.1, 0.15) is 22.8 Å². The van der Waals surface area contributed by atoms with Crippen molar-refractivity contribution in [2.75, 3.05) is 0 Å². The standard InChI is InChI=1S/C26H24N12/c1-5-19-13-20(6-1)24-16-36(32-28-24)10-4-12-38-18-26(30-34-38)22-8-2-7-21(14-22)25-17-37(33-29-25)11-3-9-35-15-23(19)27-31-35/h1-2,5-8,13-18H,3-4,9-12H2. The normalized spacial score (nSPS) is 13.7. The molecule has 6 aromatic rings. The molecule has 0 spiro atoms. The van der Waals surface area contributed by atoms with Gasteiger partial charge in [-0.25, -0.2) is 0 Å². The number of hydrogen-bond donors (Lipinski definition) is 0. The minimum atomic E-state index is 0.724. The maximum Gasteiger partial charge on any atom is 0.113 e. The molecule has 0 saturated carbocycles. The lowest BCUT2D eigenvalue weighted by molar-refractivity contribution is 0.484. The molecule has 0 atom stereocenters. The predicted molar refractivity (Wildman–Crippen MR) is 138 cm³/mol. The first-order valence-electron chi connectivity index (χ1n) is 12.6. The van der Waals surface area contributed by atoms with Gasteiger partial charge in [0.25, 0.3) is 0 Å². The highest BCUT2D eigenvalue weighted by atomic mass is 15.4. The van der Waals surface area contributed by atoms with Gasteiger partial charge in [0.05, 0.1) is 24.8 Å². The van der Waals surface area contributed by atoms with Crippen molar-refractivity contribution in [1.29, 1.82) is 0 Å². The minimum Gasteiger partial charge on any atom is -0.252 e. The Labute approximate surface area is 217 Å². The van der Waals surface area contributed by atoms with Crippen LogP contribution in [0.2, 0.25) is 0 Å². The summed E-state index contributed by atoms with van der Waals surface area (Å²) in [5.74, 6) is 0. The van der Waals surface area contributed by atoms with Crippen LogP contribution < -0.4 is 0 Å². The van der Waals surface area contributed by atoms with Gasteiger partial charge in [0.15, 0.2) is 0 Å². The van der Waals surface area contributed by atoms with E-state index in [2.05, 4.69) is 53.4 Å². The van der Waals surface area contributed by atoms with Crippen LogP contribution >= 0.6 is 0 Å². The molecule has 12 bridgehead atoms. The lowest BCUT2D eigenvalue weighted by Gasteiger charge is -2.02. The highest BCUT2D eigenvalue weighted by Crippen LogP contribution is 2.25. The first-order chi connectivity index (χ1) is 18.8. The predicted octanol–water partition coefficient (Wildman–Crippen LogP) is 3.21. The van der Waals surface area contributed by atoms with Crippen LogP contribution in [0.25, 0.3) is 45.0 Å². The number of rotatable bonds is 0. The molecule has 0 unspecified atom stereocenters. The van der Waals surface area contributed by atoms with Crippen molar-refractivity contribution in [1.82, 2.24) is 60.0 Å². The first kappa shape index (κ1) is 22.2. The summed E-state index contributed by atoms with van der Waals surface area (Å²) in [6.07, 6.45) is 9.58. The van der Waals surface area contributed by atoms with Crippen LogP contribution in [0, 0.1) is 0 Å². The maximum atomic E-state index is 4.39. The quantitative estimate of drug-likeness (QED) is 0.309. The number of fused-ring (bicyclic) bond motifs is 16. The van der Waals surface area contributed by atoms with Gasteiger partial charge >= 0.3 is 0 Å². The lowest BCUT2D eigenvalue weighted by atomic mass is 10.1. The summed E-state index contributed by atoms with van der Waals surface area (Å²) < 4.78 is 7.47. The van der Waals surface area contributed by atoms with Gasteiger partial charge < -0.3 is 0 Å². The third-order valence-electron chi connectivity index (χ3n) is 6.61. The number of nitrogens with zero attached hydrogens (tertiary/aromatic N) is 12. The van der Waals surface area contributed by atoms with Crippen LogP contribution in [0.1, 0.15) is 12.8 Å². The van der Waals surface area contributed by atoms with E-state index < -0.39 is 0 Å². The van der Waals surface area contributed by atoms with E-state index in [0.29, 0.717) is 0 Å². The zero-order valence-electron chi connectivity index (χ0n) is 20.5. The van der Waals surface area contributed by atoms with Crippen LogP contribution in [0.4, 0.5) is 0 Å². The van der Waals surface area contributed by atoms with Gasteiger partial charge in [-0.05, 0) is 25.0 Å². The summed E-state index contributed by atoms with van der Waals surface area (Å²) in [6, 6.07) is 16.3. The molecule has 12 heteroatoms. The Morgan fingerprint density at radius 3 is 1.00 bits per heavy atom. The minimum absolute atomic E-state index is 0.724. The molecule has 0 fully saturated rings. The number of aryl methyl sites for hydroxylation is 4. The second-order valence-electron chi connectivity index (χ2n) is 9.34. The van der Waals surface area contributed by atoms with Gasteiger partial charge in [-0.3, -0.25) is 18.7 Å². The summed E-state index contributed by atoms with van der Waals surface area (Å²) in [4.78, 5) is 0. The van der Waals surface area contributed by atoms with Crippen molar-refractivity contribution in [3.8, 4) is 45.0 Å².